The van der Waals surface area contributed by atoms with Gasteiger partial charge in [0.05, 0.1) is 0 Å². The van der Waals surface area contributed by atoms with Gasteiger partial charge in [-0.25, -0.2) is 8.78 Å². The van der Waals surface area contributed by atoms with Gasteiger partial charge in [0.2, 0.25) is 0 Å². The molecule has 1 heterocycles. The first-order valence-corrected chi connectivity index (χ1v) is 5.92. The number of nitrogens with zero attached hydrogens (tertiary/aromatic N) is 1. The number of carbonyl (C=O) groups is 2. The Balaban J connectivity index is 1.94. The quantitative estimate of drug-likeness (QED) is 0.841. The Hall–Kier alpha value is -2.77. The predicted molar refractivity (Wildman–Crippen MR) is 68.1 cm³/mol. The van der Waals surface area contributed by atoms with Crippen molar-refractivity contribution in [3.05, 3.63) is 47.2 Å². The molecule has 2 aromatic rings. The summed E-state index contributed by atoms with van der Waals surface area (Å²) in [6.45, 7) is 1.17. The van der Waals surface area contributed by atoms with Crippen LogP contribution in [-0.2, 0) is 16.1 Å². The lowest BCUT2D eigenvalue weighted by Crippen LogP contribution is -2.35. The van der Waals surface area contributed by atoms with Crippen LogP contribution in [0.3, 0.4) is 0 Å². The molecule has 110 valence electrons. The molecule has 0 saturated heterocycles. The third kappa shape index (κ3) is 3.62. The van der Waals surface area contributed by atoms with Gasteiger partial charge in [0.25, 0.3) is 0 Å². The van der Waals surface area contributed by atoms with Crippen molar-refractivity contribution in [3.63, 3.8) is 0 Å². The Bertz CT molecular complexity index is 665. The topological polar surface area (TPSA) is 84.2 Å². The van der Waals surface area contributed by atoms with E-state index >= 15 is 0 Å². The van der Waals surface area contributed by atoms with E-state index in [0.717, 1.165) is 12.1 Å². The molecule has 2 amide bonds. The number of rotatable bonds is 3. The molecular formula is C13H11F2N3O3. The number of hydrogen-bond donors (Lipinski definition) is 2. The standard InChI is InChI=1S/C13H11F2N3O3/c1-7-5-11(18-21-7)17-13(20)12(19)16-6-8-9(14)3-2-4-10(8)15/h2-5H,6H2,1H3,(H,16,19)(H,17,18,20). The van der Waals surface area contributed by atoms with E-state index in [4.69, 9.17) is 4.52 Å². The Morgan fingerprint density at radius 1 is 1.24 bits per heavy atom. The molecule has 2 N–H and O–H groups in total. The fraction of sp³-hybridized carbons (Fsp3) is 0.154. The monoisotopic (exact) mass is 295 g/mol. The predicted octanol–water partition coefficient (Wildman–Crippen LogP) is 1.52. The Morgan fingerprint density at radius 2 is 1.90 bits per heavy atom. The second kappa shape index (κ2) is 6.12. The van der Waals surface area contributed by atoms with Crippen LogP contribution in [-0.4, -0.2) is 17.0 Å². The first kappa shape index (κ1) is 14.6. The van der Waals surface area contributed by atoms with Gasteiger partial charge in [-0.1, -0.05) is 11.2 Å². The van der Waals surface area contributed by atoms with Crippen LogP contribution in [0.15, 0.2) is 28.8 Å². The van der Waals surface area contributed by atoms with E-state index in [1.54, 1.807) is 6.92 Å². The van der Waals surface area contributed by atoms with Gasteiger partial charge < -0.3 is 9.84 Å². The molecule has 0 aliphatic rings. The molecule has 0 spiro atoms. The van der Waals surface area contributed by atoms with Crippen LogP contribution in [0, 0.1) is 18.6 Å². The number of aromatic nitrogens is 1. The van der Waals surface area contributed by atoms with Crippen molar-refractivity contribution in [2.45, 2.75) is 13.5 Å². The number of halogens is 2. The van der Waals surface area contributed by atoms with Gasteiger partial charge in [-0.2, -0.15) is 0 Å². The summed E-state index contributed by atoms with van der Waals surface area (Å²) in [5, 5.41) is 7.78. The van der Waals surface area contributed by atoms with Crippen LogP contribution >= 0.6 is 0 Å². The lowest BCUT2D eigenvalue weighted by atomic mass is 10.2. The number of anilines is 1. The molecule has 6 nitrogen and oxygen atoms in total. The first-order chi connectivity index (χ1) is 9.97. The highest BCUT2D eigenvalue weighted by atomic mass is 19.1. The van der Waals surface area contributed by atoms with Crippen LogP contribution in [0.1, 0.15) is 11.3 Å². The van der Waals surface area contributed by atoms with Crippen molar-refractivity contribution in [2.75, 3.05) is 5.32 Å². The average molecular weight is 295 g/mol. The lowest BCUT2D eigenvalue weighted by molar-refractivity contribution is -0.136. The Morgan fingerprint density at radius 3 is 2.48 bits per heavy atom. The van der Waals surface area contributed by atoms with Gasteiger partial charge in [-0.05, 0) is 19.1 Å². The van der Waals surface area contributed by atoms with E-state index in [2.05, 4.69) is 15.8 Å². The maximum atomic E-state index is 13.3. The van der Waals surface area contributed by atoms with E-state index in [9.17, 15) is 18.4 Å². The Labute approximate surface area is 118 Å². The van der Waals surface area contributed by atoms with Crippen LogP contribution in [0.4, 0.5) is 14.6 Å². The molecular weight excluding hydrogens is 284 g/mol. The fourth-order valence-corrected chi connectivity index (χ4v) is 1.55. The number of aryl methyl sites for hydroxylation is 1. The number of hydrogen-bond acceptors (Lipinski definition) is 4. The Kier molecular flexibility index (Phi) is 4.27. The van der Waals surface area contributed by atoms with Gasteiger partial charge in [0, 0.05) is 18.2 Å². The summed E-state index contributed by atoms with van der Waals surface area (Å²) in [7, 11) is 0. The number of benzene rings is 1. The zero-order chi connectivity index (χ0) is 15.4. The van der Waals surface area contributed by atoms with Crippen LogP contribution in [0.5, 0.6) is 0 Å². The summed E-state index contributed by atoms with van der Waals surface area (Å²) < 4.78 is 31.4. The fourth-order valence-electron chi connectivity index (χ4n) is 1.55. The van der Waals surface area contributed by atoms with Crippen molar-refractivity contribution in [2.24, 2.45) is 0 Å². The van der Waals surface area contributed by atoms with E-state index in [0.29, 0.717) is 5.76 Å². The number of nitrogens with one attached hydrogen (secondary N) is 2. The summed E-state index contributed by atoms with van der Waals surface area (Å²) >= 11 is 0. The molecule has 0 bridgehead atoms. The highest BCUT2D eigenvalue weighted by Gasteiger charge is 2.17. The zero-order valence-corrected chi connectivity index (χ0v) is 10.9. The van der Waals surface area contributed by atoms with E-state index in [-0.39, 0.29) is 11.4 Å². The van der Waals surface area contributed by atoms with Crippen molar-refractivity contribution in [1.29, 1.82) is 0 Å². The minimum atomic E-state index is -1.04. The molecule has 0 fully saturated rings. The molecule has 1 aromatic carbocycles. The SMILES string of the molecule is Cc1cc(NC(=O)C(=O)NCc2c(F)cccc2F)no1. The molecule has 8 heteroatoms. The summed E-state index contributed by atoms with van der Waals surface area (Å²) in [6, 6.07) is 4.74. The highest BCUT2D eigenvalue weighted by Crippen LogP contribution is 2.11. The average Bonchev–Trinajstić information content (AvgIpc) is 2.83. The number of carbonyl (C=O) groups excluding carboxylic acids is 2. The summed E-state index contributed by atoms with van der Waals surface area (Å²) in [5.74, 6) is -3.13. The van der Waals surface area contributed by atoms with Crippen molar-refractivity contribution >= 4 is 17.6 Å². The normalized spacial score (nSPS) is 10.2. The molecule has 0 aliphatic heterocycles. The van der Waals surface area contributed by atoms with Crippen molar-refractivity contribution in [1.82, 2.24) is 10.5 Å². The first-order valence-electron chi connectivity index (χ1n) is 5.92. The minimum Gasteiger partial charge on any atom is -0.360 e. The minimum absolute atomic E-state index is 0.0738. The van der Waals surface area contributed by atoms with Gasteiger partial charge >= 0.3 is 11.8 Å². The van der Waals surface area contributed by atoms with Gasteiger partial charge in [-0.15, -0.1) is 0 Å². The van der Waals surface area contributed by atoms with Crippen LogP contribution in [0.25, 0.3) is 0 Å². The molecule has 0 unspecified atom stereocenters. The summed E-state index contributed by atoms with van der Waals surface area (Å²) in [4.78, 5) is 23.0. The third-order valence-corrected chi connectivity index (χ3v) is 2.56. The van der Waals surface area contributed by atoms with Crippen LogP contribution < -0.4 is 10.6 Å². The van der Waals surface area contributed by atoms with E-state index in [1.807, 2.05) is 0 Å². The third-order valence-electron chi connectivity index (χ3n) is 2.56. The smallest absolute Gasteiger partial charge is 0.314 e. The van der Waals surface area contributed by atoms with Gasteiger partial charge in [-0.3, -0.25) is 14.9 Å². The molecule has 0 radical (unpaired) electrons. The number of amides is 2. The van der Waals surface area contributed by atoms with Crippen LogP contribution in [0.2, 0.25) is 0 Å². The molecule has 0 saturated carbocycles. The highest BCUT2D eigenvalue weighted by molar-refractivity contribution is 6.39. The second-order valence-electron chi connectivity index (χ2n) is 4.16. The van der Waals surface area contributed by atoms with Crippen molar-refractivity contribution in [3.8, 4) is 0 Å². The maximum absolute atomic E-state index is 13.3. The summed E-state index contributed by atoms with van der Waals surface area (Å²) in [5.41, 5.74) is -0.323. The molecule has 21 heavy (non-hydrogen) atoms. The van der Waals surface area contributed by atoms with Gasteiger partial charge in [0.1, 0.15) is 17.4 Å². The largest absolute Gasteiger partial charge is 0.360 e. The second-order valence-corrected chi connectivity index (χ2v) is 4.16. The maximum Gasteiger partial charge on any atom is 0.314 e. The molecule has 1 aromatic heterocycles. The molecule has 2 rings (SSSR count). The zero-order valence-electron chi connectivity index (χ0n) is 10.9. The summed E-state index contributed by atoms with van der Waals surface area (Å²) in [6.07, 6.45) is 0. The van der Waals surface area contributed by atoms with E-state index < -0.39 is 30.0 Å². The van der Waals surface area contributed by atoms with E-state index in [1.165, 1.54) is 12.1 Å². The molecule has 0 atom stereocenters. The molecule has 0 aliphatic carbocycles. The lowest BCUT2D eigenvalue weighted by Gasteiger charge is -2.06. The van der Waals surface area contributed by atoms with Crippen molar-refractivity contribution < 1.29 is 22.9 Å². The van der Waals surface area contributed by atoms with Gasteiger partial charge in [0.15, 0.2) is 5.82 Å².